The minimum Gasteiger partial charge on any atom is -0.456 e. The zero-order valence-corrected chi connectivity index (χ0v) is 36.6. The van der Waals surface area contributed by atoms with E-state index in [1.54, 1.807) is 0 Å². The van der Waals surface area contributed by atoms with E-state index in [4.69, 9.17) is 4.42 Å². The van der Waals surface area contributed by atoms with Crippen LogP contribution in [-0.2, 0) is 10.8 Å². The van der Waals surface area contributed by atoms with E-state index in [0.29, 0.717) is 0 Å². The second-order valence-electron chi connectivity index (χ2n) is 19.0. The van der Waals surface area contributed by atoms with Crippen LogP contribution in [0.15, 0.2) is 222 Å². The smallest absolute Gasteiger partial charge is 0.136 e. The van der Waals surface area contributed by atoms with Gasteiger partial charge in [0.1, 0.15) is 11.2 Å². The Morgan fingerprint density at radius 1 is 0.469 bits per heavy atom. The molecule has 3 aliphatic rings. The summed E-state index contributed by atoms with van der Waals surface area (Å²) in [6.45, 7) is 9.80. The number of anilines is 2. The summed E-state index contributed by atoms with van der Waals surface area (Å²) in [5.41, 5.74) is 13.6. The fourth-order valence-electron chi connectivity index (χ4n) is 12.2. The largest absolute Gasteiger partial charge is 0.456 e. The molecule has 2 nitrogen and oxygen atoms in total. The SMILES string of the molecule is CC1C=CC2(C)C3=C1C(C)(c1ccc(-c4cc5ccccc5c5ccccc45)cc1)C=CC3(C)N(c1ccc3cc4oc5ccccc5c4cc3c1)c1ccc(-c3ccccc3)cc12. The summed E-state index contributed by atoms with van der Waals surface area (Å²) in [6, 6.07) is 67.4. The summed E-state index contributed by atoms with van der Waals surface area (Å²) in [5.74, 6) is 0.224. The van der Waals surface area contributed by atoms with Gasteiger partial charge in [-0.05, 0) is 152 Å². The molecule has 4 atom stereocenters. The van der Waals surface area contributed by atoms with Gasteiger partial charge in [-0.25, -0.2) is 0 Å². The van der Waals surface area contributed by atoms with Gasteiger partial charge in [-0.2, -0.15) is 0 Å². The fraction of sp³-hybridized carbons (Fsp3) is 0.129. The number of nitrogens with zero attached hydrogens (tertiary/aromatic N) is 1. The van der Waals surface area contributed by atoms with Crippen molar-refractivity contribution < 1.29 is 4.42 Å². The number of hydrogen-bond acceptors (Lipinski definition) is 2. The van der Waals surface area contributed by atoms with E-state index in [0.717, 1.165) is 21.9 Å². The maximum atomic E-state index is 6.34. The maximum absolute atomic E-state index is 6.34. The first-order valence-corrected chi connectivity index (χ1v) is 22.7. The van der Waals surface area contributed by atoms with E-state index in [2.05, 4.69) is 233 Å². The topological polar surface area (TPSA) is 16.4 Å². The molecule has 0 saturated carbocycles. The molecule has 2 aliphatic carbocycles. The van der Waals surface area contributed by atoms with Crippen LogP contribution < -0.4 is 4.90 Å². The minimum atomic E-state index is -0.464. The standard InChI is InChI=1S/C62H47NO/c1-39-30-31-61(3)54-37-42(40-14-6-5-7-15-40)25-29-55(54)63(47-28-24-43-38-57-53(36-45(43)34-47)51-20-12-13-21-56(51)64-57)62(4)33-32-60(2,58(39)59(61)62)46-26-22-41(23-27-46)52-35-44-16-8-9-17-48(44)49-18-10-11-19-50(49)52/h5-39H,1-4H3. The lowest BCUT2D eigenvalue weighted by Crippen LogP contribution is -2.58. The lowest BCUT2D eigenvalue weighted by molar-refractivity contribution is 0.441. The van der Waals surface area contributed by atoms with Crippen molar-refractivity contribution >= 4 is 65.6 Å². The molecule has 0 amide bonds. The van der Waals surface area contributed by atoms with Crippen molar-refractivity contribution in [2.75, 3.05) is 4.90 Å². The quantitative estimate of drug-likeness (QED) is 0.130. The molecular weight excluding hydrogens is 775 g/mol. The summed E-state index contributed by atoms with van der Waals surface area (Å²) in [5, 5.41) is 9.81. The Balaban J connectivity index is 1.01. The molecule has 0 bridgehead atoms. The summed E-state index contributed by atoms with van der Waals surface area (Å²) in [6.07, 6.45) is 10.1. The molecule has 0 spiro atoms. The van der Waals surface area contributed by atoms with Crippen molar-refractivity contribution in [1.82, 2.24) is 0 Å². The fourth-order valence-corrected chi connectivity index (χ4v) is 12.2. The van der Waals surface area contributed by atoms with E-state index in [-0.39, 0.29) is 16.7 Å². The highest BCUT2D eigenvalue weighted by atomic mass is 16.3. The van der Waals surface area contributed by atoms with Crippen molar-refractivity contribution in [2.24, 2.45) is 5.92 Å². The van der Waals surface area contributed by atoms with E-state index in [9.17, 15) is 0 Å². The lowest BCUT2D eigenvalue weighted by Gasteiger charge is -2.59. The predicted molar refractivity (Wildman–Crippen MR) is 270 cm³/mol. The van der Waals surface area contributed by atoms with Crippen molar-refractivity contribution in [3.05, 3.63) is 229 Å². The van der Waals surface area contributed by atoms with Gasteiger partial charge in [0.05, 0.1) is 5.54 Å². The van der Waals surface area contributed by atoms with Crippen LogP contribution in [0, 0.1) is 5.92 Å². The van der Waals surface area contributed by atoms with Gasteiger partial charge >= 0.3 is 0 Å². The molecule has 13 rings (SSSR count). The van der Waals surface area contributed by atoms with Gasteiger partial charge in [0.2, 0.25) is 0 Å². The van der Waals surface area contributed by atoms with Gasteiger partial charge in [0, 0.05) is 33.0 Å². The third-order valence-electron chi connectivity index (χ3n) is 15.3. The summed E-state index contributed by atoms with van der Waals surface area (Å²) >= 11 is 0. The number of hydrogen-bond donors (Lipinski definition) is 0. The molecule has 306 valence electrons. The van der Waals surface area contributed by atoms with Gasteiger partial charge in [-0.3, -0.25) is 0 Å². The Hall–Kier alpha value is -7.42. The van der Waals surface area contributed by atoms with E-state index in [1.807, 2.05) is 6.07 Å². The molecule has 64 heavy (non-hydrogen) atoms. The molecule has 4 unspecified atom stereocenters. The van der Waals surface area contributed by atoms with Crippen LogP contribution in [0.4, 0.5) is 11.4 Å². The molecule has 2 heteroatoms. The summed E-state index contributed by atoms with van der Waals surface area (Å²) in [7, 11) is 0. The Morgan fingerprint density at radius 2 is 1.19 bits per heavy atom. The van der Waals surface area contributed by atoms with Crippen LogP contribution in [0.3, 0.4) is 0 Å². The molecule has 0 saturated heterocycles. The number of fused-ring (bicyclic) bond motifs is 9. The summed E-state index contributed by atoms with van der Waals surface area (Å²) < 4.78 is 6.34. The number of para-hydroxylation sites is 1. The average molecular weight is 822 g/mol. The van der Waals surface area contributed by atoms with Gasteiger partial charge in [0.15, 0.2) is 0 Å². The monoisotopic (exact) mass is 821 g/mol. The van der Waals surface area contributed by atoms with E-state index < -0.39 is 5.54 Å². The third-order valence-corrected chi connectivity index (χ3v) is 15.3. The molecule has 10 aromatic rings. The maximum Gasteiger partial charge on any atom is 0.136 e. The number of rotatable bonds is 4. The molecule has 0 N–H and O–H groups in total. The molecule has 1 aliphatic heterocycles. The average Bonchev–Trinajstić information content (AvgIpc) is 3.70. The van der Waals surface area contributed by atoms with Crippen molar-refractivity contribution in [2.45, 2.75) is 44.1 Å². The molecular formula is C62H47NO. The van der Waals surface area contributed by atoms with Crippen molar-refractivity contribution in [3.8, 4) is 22.3 Å². The first-order valence-electron chi connectivity index (χ1n) is 22.7. The van der Waals surface area contributed by atoms with Gasteiger partial charge in [-0.15, -0.1) is 0 Å². The Bertz CT molecular complexity index is 3680. The number of allylic oxidation sites excluding steroid dienone is 4. The Labute approximate surface area is 374 Å². The molecule has 1 aromatic heterocycles. The zero-order valence-electron chi connectivity index (χ0n) is 36.6. The second-order valence-corrected chi connectivity index (χ2v) is 19.0. The zero-order chi connectivity index (χ0) is 43.0. The molecule has 2 heterocycles. The highest BCUT2D eigenvalue weighted by molar-refractivity contribution is 6.14. The van der Waals surface area contributed by atoms with Crippen molar-refractivity contribution in [1.29, 1.82) is 0 Å². The molecule has 0 radical (unpaired) electrons. The highest BCUT2D eigenvalue weighted by Crippen LogP contribution is 2.63. The molecule has 9 aromatic carbocycles. The van der Waals surface area contributed by atoms with Gasteiger partial charge in [-0.1, -0.05) is 165 Å². The Morgan fingerprint density at radius 3 is 2.02 bits per heavy atom. The van der Waals surface area contributed by atoms with Crippen LogP contribution in [0.5, 0.6) is 0 Å². The lowest BCUT2D eigenvalue weighted by atomic mass is 9.52. The van der Waals surface area contributed by atoms with Crippen LogP contribution in [0.25, 0.3) is 76.5 Å². The van der Waals surface area contributed by atoms with Gasteiger partial charge in [0.25, 0.3) is 0 Å². The van der Waals surface area contributed by atoms with E-state index in [1.165, 1.54) is 88.2 Å². The Kier molecular flexibility index (Phi) is 7.72. The number of benzene rings is 9. The van der Waals surface area contributed by atoms with Crippen LogP contribution >= 0.6 is 0 Å². The van der Waals surface area contributed by atoms with Crippen LogP contribution in [0.1, 0.15) is 38.8 Å². The van der Waals surface area contributed by atoms with Crippen molar-refractivity contribution in [3.63, 3.8) is 0 Å². The number of furan rings is 1. The van der Waals surface area contributed by atoms with Gasteiger partial charge < -0.3 is 9.32 Å². The summed E-state index contributed by atoms with van der Waals surface area (Å²) in [4.78, 5) is 2.64. The van der Waals surface area contributed by atoms with Crippen LogP contribution in [0.2, 0.25) is 0 Å². The first-order chi connectivity index (χ1) is 31.2. The van der Waals surface area contributed by atoms with Crippen LogP contribution in [-0.4, -0.2) is 5.54 Å². The predicted octanol–water partition coefficient (Wildman–Crippen LogP) is 16.6. The highest BCUT2D eigenvalue weighted by Gasteiger charge is 2.56. The first kappa shape index (κ1) is 37.2. The molecule has 0 fully saturated rings. The van der Waals surface area contributed by atoms with E-state index >= 15 is 0 Å². The second kappa shape index (κ2) is 13.3. The minimum absolute atomic E-state index is 0.224. The normalized spacial score (nSPS) is 22.5. The third kappa shape index (κ3) is 5.14.